The standard InChI is InChI=1S/C13H15N3O/c1-17-7-6-14-13-11-8-9-4-2-3-5-10(9)12(11)15-16-13/h2-5H,6-8H2,1H3,(H2,14,15,16). The summed E-state index contributed by atoms with van der Waals surface area (Å²) in [6.45, 7) is 1.47. The zero-order chi connectivity index (χ0) is 11.7. The number of rotatable bonds is 4. The van der Waals surface area contributed by atoms with Gasteiger partial charge in [-0.3, -0.25) is 5.10 Å². The molecule has 1 aromatic heterocycles. The van der Waals surface area contributed by atoms with Gasteiger partial charge in [0.2, 0.25) is 0 Å². The molecule has 0 atom stereocenters. The Morgan fingerprint density at radius 1 is 1.41 bits per heavy atom. The fourth-order valence-electron chi connectivity index (χ4n) is 2.29. The van der Waals surface area contributed by atoms with Gasteiger partial charge in [-0.2, -0.15) is 5.10 Å². The lowest BCUT2D eigenvalue weighted by Gasteiger charge is -2.03. The Balaban J connectivity index is 1.86. The normalized spacial score (nSPS) is 12.3. The smallest absolute Gasteiger partial charge is 0.152 e. The average Bonchev–Trinajstić information content (AvgIpc) is 2.89. The third-order valence-corrected chi connectivity index (χ3v) is 3.12. The summed E-state index contributed by atoms with van der Waals surface area (Å²) in [6.07, 6.45) is 0.956. The van der Waals surface area contributed by atoms with Crippen LogP contribution in [0, 0.1) is 0 Å². The van der Waals surface area contributed by atoms with E-state index in [4.69, 9.17) is 4.74 Å². The minimum absolute atomic E-state index is 0.689. The number of benzene rings is 1. The molecule has 0 bridgehead atoms. The van der Waals surface area contributed by atoms with E-state index in [-0.39, 0.29) is 0 Å². The highest BCUT2D eigenvalue weighted by atomic mass is 16.5. The molecule has 1 aliphatic carbocycles. The zero-order valence-corrected chi connectivity index (χ0v) is 9.79. The van der Waals surface area contributed by atoms with Gasteiger partial charge in [0.25, 0.3) is 0 Å². The molecule has 4 nitrogen and oxygen atoms in total. The SMILES string of the molecule is COCCNc1n[nH]c2c1Cc1ccccc1-2. The number of aromatic amines is 1. The quantitative estimate of drug-likeness (QED) is 0.673. The van der Waals surface area contributed by atoms with E-state index in [0.29, 0.717) is 6.61 Å². The highest BCUT2D eigenvalue weighted by Gasteiger charge is 2.23. The van der Waals surface area contributed by atoms with Crippen LogP contribution < -0.4 is 5.32 Å². The van der Waals surface area contributed by atoms with Crippen LogP contribution in [-0.2, 0) is 11.2 Å². The number of methoxy groups -OCH3 is 1. The first-order valence-corrected chi connectivity index (χ1v) is 5.78. The monoisotopic (exact) mass is 229 g/mol. The molecular formula is C13H15N3O. The van der Waals surface area contributed by atoms with Gasteiger partial charge in [-0.25, -0.2) is 0 Å². The number of hydrogen-bond donors (Lipinski definition) is 2. The van der Waals surface area contributed by atoms with Crippen molar-refractivity contribution in [3.8, 4) is 11.3 Å². The van der Waals surface area contributed by atoms with E-state index < -0.39 is 0 Å². The summed E-state index contributed by atoms with van der Waals surface area (Å²) in [6, 6.07) is 8.45. The van der Waals surface area contributed by atoms with Crippen LogP contribution in [0.2, 0.25) is 0 Å². The molecular weight excluding hydrogens is 214 g/mol. The molecule has 0 amide bonds. The van der Waals surface area contributed by atoms with Crippen LogP contribution in [0.25, 0.3) is 11.3 Å². The van der Waals surface area contributed by atoms with Crippen molar-refractivity contribution in [3.63, 3.8) is 0 Å². The van der Waals surface area contributed by atoms with Crippen LogP contribution in [0.3, 0.4) is 0 Å². The number of nitrogens with zero attached hydrogens (tertiary/aromatic N) is 1. The fourth-order valence-corrected chi connectivity index (χ4v) is 2.29. The van der Waals surface area contributed by atoms with Crippen LogP contribution in [-0.4, -0.2) is 30.5 Å². The molecule has 2 aromatic rings. The highest BCUT2D eigenvalue weighted by molar-refractivity contribution is 5.77. The van der Waals surface area contributed by atoms with Crippen LogP contribution in [0.15, 0.2) is 24.3 Å². The predicted octanol–water partition coefficient (Wildman–Crippen LogP) is 2.04. The van der Waals surface area contributed by atoms with E-state index in [9.17, 15) is 0 Å². The van der Waals surface area contributed by atoms with Crippen molar-refractivity contribution in [2.24, 2.45) is 0 Å². The molecule has 4 heteroatoms. The van der Waals surface area contributed by atoms with Crippen molar-refractivity contribution in [1.29, 1.82) is 0 Å². The van der Waals surface area contributed by atoms with Gasteiger partial charge in [0.1, 0.15) is 0 Å². The van der Waals surface area contributed by atoms with E-state index in [1.165, 1.54) is 16.7 Å². The third kappa shape index (κ3) is 1.70. The van der Waals surface area contributed by atoms with Crippen molar-refractivity contribution in [3.05, 3.63) is 35.4 Å². The van der Waals surface area contributed by atoms with Crippen molar-refractivity contribution in [1.82, 2.24) is 10.2 Å². The number of H-pyrrole nitrogens is 1. The maximum absolute atomic E-state index is 5.02. The second kappa shape index (κ2) is 4.22. The first kappa shape index (κ1) is 10.4. The Bertz CT molecular complexity index is 533. The number of nitrogens with one attached hydrogen (secondary N) is 2. The van der Waals surface area contributed by atoms with Crippen LogP contribution in [0.5, 0.6) is 0 Å². The Morgan fingerprint density at radius 3 is 3.18 bits per heavy atom. The molecule has 0 radical (unpaired) electrons. The molecule has 1 aromatic carbocycles. The van der Waals surface area contributed by atoms with E-state index in [0.717, 1.165) is 24.5 Å². The molecule has 0 saturated carbocycles. The van der Waals surface area contributed by atoms with E-state index in [1.54, 1.807) is 7.11 Å². The average molecular weight is 229 g/mol. The Morgan fingerprint density at radius 2 is 2.29 bits per heavy atom. The van der Waals surface area contributed by atoms with E-state index >= 15 is 0 Å². The van der Waals surface area contributed by atoms with Crippen molar-refractivity contribution in [2.75, 3.05) is 25.6 Å². The highest BCUT2D eigenvalue weighted by Crippen LogP contribution is 2.38. The van der Waals surface area contributed by atoms with Crippen molar-refractivity contribution >= 4 is 5.82 Å². The first-order valence-electron chi connectivity index (χ1n) is 5.78. The number of hydrogen-bond acceptors (Lipinski definition) is 3. The second-order valence-corrected chi connectivity index (χ2v) is 4.18. The van der Waals surface area contributed by atoms with Gasteiger partial charge in [0, 0.05) is 31.2 Å². The van der Waals surface area contributed by atoms with Gasteiger partial charge in [0.15, 0.2) is 5.82 Å². The molecule has 0 spiro atoms. The molecule has 3 rings (SSSR count). The minimum Gasteiger partial charge on any atom is -0.383 e. The molecule has 2 N–H and O–H groups in total. The maximum atomic E-state index is 5.02. The first-order chi connectivity index (χ1) is 8.40. The fraction of sp³-hybridized carbons (Fsp3) is 0.308. The topological polar surface area (TPSA) is 49.9 Å². The Kier molecular flexibility index (Phi) is 2.57. The van der Waals surface area contributed by atoms with Gasteiger partial charge >= 0.3 is 0 Å². The van der Waals surface area contributed by atoms with Crippen molar-refractivity contribution in [2.45, 2.75) is 6.42 Å². The number of aromatic nitrogens is 2. The van der Waals surface area contributed by atoms with Gasteiger partial charge in [-0.15, -0.1) is 0 Å². The minimum atomic E-state index is 0.689. The number of ether oxygens (including phenoxy) is 1. The lowest BCUT2D eigenvalue weighted by molar-refractivity contribution is 0.210. The summed E-state index contributed by atoms with van der Waals surface area (Å²) in [4.78, 5) is 0. The largest absolute Gasteiger partial charge is 0.383 e. The predicted molar refractivity (Wildman–Crippen MR) is 67.2 cm³/mol. The molecule has 0 aliphatic heterocycles. The molecule has 1 aliphatic rings. The second-order valence-electron chi connectivity index (χ2n) is 4.18. The van der Waals surface area contributed by atoms with Crippen LogP contribution >= 0.6 is 0 Å². The summed E-state index contributed by atoms with van der Waals surface area (Å²) < 4.78 is 5.02. The Hall–Kier alpha value is -1.81. The summed E-state index contributed by atoms with van der Waals surface area (Å²) in [7, 11) is 1.70. The van der Waals surface area contributed by atoms with Gasteiger partial charge in [0.05, 0.1) is 12.3 Å². The zero-order valence-electron chi connectivity index (χ0n) is 9.79. The van der Waals surface area contributed by atoms with E-state index in [2.05, 4.69) is 39.8 Å². The molecule has 17 heavy (non-hydrogen) atoms. The summed E-state index contributed by atoms with van der Waals surface area (Å²) in [5, 5.41) is 10.7. The summed E-state index contributed by atoms with van der Waals surface area (Å²) in [5.74, 6) is 0.952. The molecule has 0 saturated heterocycles. The number of anilines is 1. The summed E-state index contributed by atoms with van der Waals surface area (Å²) >= 11 is 0. The van der Waals surface area contributed by atoms with E-state index in [1.807, 2.05) is 0 Å². The summed E-state index contributed by atoms with van der Waals surface area (Å²) in [5.41, 5.74) is 5.06. The van der Waals surface area contributed by atoms with Crippen molar-refractivity contribution < 1.29 is 4.74 Å². The number of fused-ring (bicyclic) bond motifs is 3. The third-order valence-electron chi connectivity index (χ3n) is 3.12. The molecule has 1 heterocycles. The van der Waals surface area contributed by atoms with Gasteiger partial charge < -0.3 is 10.1 Å². The lowest BCUT2D eigenvalue weighted by atomic mass is 10.1. The van der Waals surface area contributed by atoms with Crippen LogP contribution in [0.1, 0.15) is 11.1 Å². The molecule has 0 unspecified atom stereocenters. The van der Waals surface area contributed by atoms with Crippen LogP contribution in [0.4, 0.5) is 5.82 Å². The molecule has 88 valence electrons. The lowest BCUT2D eigenvalue weighted by Crippen LogP contribution is -2.09. The van der Waals surface area contributed by atoms with Gasteiger partial charge in [-0.1, -0.05) is 24.3 Å². The van der Waals surface area contributed by atoms with Gasteiger partial charge in [-0.05, 0) is 5.56 Å². The molecule has 0 fully saturated rings. The maximum Gasteiger partial charge on any atom is 0.152 e. The Labute approximate surface area is 100 Å².